The highest BCUT2D eigenvalue weighted by Gasteiger charge is 2.19. The van der Waals surface area contributed by atoms with Crippen LogP contribution in [-0.4, -0.2) is 6.04 Å². The first kappa shape index (κ1) is 14.7. The lowest BCUT2D eigenvalue weighted by atomic mass is 10.1. The normalized spacial score (nSPS) is 14.3. The van der Waals surface area contributed by atoms with Crippen LogP contribution in [0.25, 0.3) is 0 Å². The molecule has 4 heteroatoms. The van der Waals surface area contributed by atoms with Crippen molar-refractivity contribution in [2.24, 2.45) is 5.73 Å². The lowest BCUT2D eigenvalue weighted by molar-refractivity contribution is 0.0280. The second-order valence-corrected chi connectivity index (χ2v) is 6.80. The zero-order valence-corrected chi connectivity index (χ0v) is 13.5. The highest BCUT2D eigenvalue weighted by molar-refractivity contribution is 9.10. The van der Waals surface area contributed by atoms with Gasteiger partial charge in [-0.05, 0) is 37.6 Å². The summed E-state index contributed by atoms with van der Waals surface area (Å²) < 4.78 is 7.10. The Kier molecular flexibility index (Phi) is 5.16. The summed E-state index contributed by atoms with van der Waals surface area (Å²) >= 11 is 5.28. The fourth-order valence-electron chi connectivity index (χ4n) is 1.89. The van der Waals surface area contributed by atoms with E-state index in [0.717, 1.165) is 10.0 Å². The molecule has 0 bridgehead atoms. The Morgan fingerprint density at radius 3 is 2.58 bits per heavy atom. The molecule has 0 aliphatic heterocycles. The van der Waals surface area contributed by atoms with Crippen molar-refractivity contribution in [3.05, 3.63) is 56.2 Å². The molecule has 1 aromatic carbocycles. The van der Waals surface area contributed by atoms with Crippen LogP contribution in [0.1, 0.15) is 28.3 Å². The van der Waals surface area contributed by atoms with Crippen molar-refractivity contribution in [3.63, 3.8) is 0 Å². The van der Waals surface area contributed by atoms with Crippen molar-refractivity contribution in [2.75, 3.05) is 0 Å². The van der Waals surface area contributed by atoms with E-state index < -0.39 is 0 Å². The molecule has 0 spiro atoms. The molecule has 0 radical (unpaired) electrons. The monoisotopic (exact) mass is 339 g/mol. The molecule has 0 aliphatic carbocycles. The van der Waals surface area contributed by atoms with Crippen LogP contribution in [0.5, 0.6) is 0 Å². The number of benzene rings is 1. The van der Waals surface area contributed by atoms with Gasteiger partial charge in [-0.3, -0.25) is 0 Å². The van der Waals surface area contributed by atoms with E-state index >= 15 is 0 Å². The summed E-state index contributed by atoms with van der Waals surface area (Å²) in [4.78, 5) is 2.48. The van der Waals surface area contributed by atoms with Gasteiger partial charge in [-0.1, -0.05) is 34.1 Å². The van der Waals surface area contributed by atoms with Gasteiger partial charge in [-0.2, -0.15) is 0 Å². The van der Waals surface area contributed by atoms with Crippen LogP contribution >= 0.6 is 27.3 Å². The van der Waals surface area contributed by atoms with Crippen molar-refractivity contribution in [1.29, 1.82) is 0 Å². The summed E-state index contributed by atoms with van der Waals surface area (Å²) in [6.07, 6.45) is -0.0502. The molecule has 102 valence electrons. The van der Waals surface area contributed by atoms with Gasteiger partial charge in [0.25, 0.3) is 0 Å². The molecule has 2 unspecified atom stereocenters. The van der Waals surface area contributed by atoms with E-state index in [2.05, 4.69) is 41.1 Å². The number of hydrogen-bond acceptors (Lipinski definition) is 3. The largest absolute Gasteiger partial charge is 0.366 e. The van der Waals surface area contributed by atoms with Crippen molar-refractivity contribution < 1.29 is 4.74 Å². The molecule has 2 N–H and O–H groups in total. The molecule has 2 nitrogen and oxygen atoms in total. The van der Waals surface area contributed by atoms with Crippen LogP contribution in [-0.2, 0) is 11.3 Å². The Hall–Kier alpha value is -0.680. The third-order valence-electron chi connectivity index (χ3n) is 2.90. The third-order valence-corrected chi connectivity index (χ3v) is 4.73. The fourth-order valence-corrected chi connectivity index (χ4v) is 3.34. The summed E-state index contributed by atoms with van der Waals surface area (Å²) in [5.41, 5.74) is 7.19. The van der Waals surface area contributed by atoms with Gasteiger partial charge in [0, 0.05) is 20.3 Å². The summed E-state index contributed by atoms with van der Waals surface area (Å²) in [7, 11) is 0. The predicted octanol–water partition coefficient (Wildman–Crippen LogP) is 4.42. The van der Waals surface area contributed by atoms with Gasteiger partial charge in [0.2, 0.25) is 0 Å². The van der Waals surface area contributed by atoms with Gasteiger partial charge in [-0.15, -0.1) is 11.3 Å². The second-order valence-electron chi connectivity index (χ2n) is 4.63. The van der Waals surface area contributed by atoms with Crippen LogP contribution in [0, 0.1) is 6.92 Å². The number of nitrogens with two attached hydrogens (primary N) is 1. The molecule has 0 saturated heterocycles. The van der Waals surface area contributed by atoms with E-state index in [1.807, 2.05) is 25.1 Å². The number of rotatable bonds is 5. The van der Waals surface area contributed by atoms with Gasteiger partial charge in [0.05, 0.1) is 6.61 Å². The highest BCUT2D eigenvalue weighted by atomic mass is 79.9. The van der Waals surface area contributed by atoms with Gasteiger partial charge in [0.15, 0.2) is 0 Å². The molecule has 1 heterocycles. The summed E-state index contributed by atoms with van der Waals surface area (Å²) in [6, 6.07) is 12.3. The fraction of sp³-hybridized carbons (Fsp3) is 0.333. The first-order valence-corrected chi connectivity index (χ1v) is 7.86. The SMILES string of the molecule is Cc1ccc(C(OCc2ccccc2Br)C(C)N)s1. The minimum atomic E-state index is -0.0502. The van der Waals surface area contributed by atoms with E-state index in [0.29, 0.717) is 6.61 Å². The number of halogens is 1. The molecule has 2 aromatic rings. The third kappa shape index (κ3) is 3.89. The van der Waals surface area contributed by atoms with Crippen LogP contribution in [0.15, 0.2) is 40.9 Å². The Labute approximate surface area is 126 Å². The molecular weight excluding hydrogens is 322 g/mol. The molecule has 0 fully saturated rings. The Morgan fingerprint density at radius 2 is 2.00 bits per heavy atom. The molecule has 1 aromatic heterocycles. The van der Waals surface area contributed by atoms with Crippen LogP contribution in [0.4, 0.5) is 0 Å². The molecule has 2 atom stereocenters. The quantitative estimate of drug-likeness (QED) is 0.874. The number of hydrogen-bond donors (Lipinski definition) is 1. The Bertz CT molecular complexity index is 538. The van der Waals surface area contributed by atoms with Gasteiger partial charge >= 0.3 is 0 Å². The molecule has 19 heavy (non-hydrogen) atoms. The molecule has 0 amide bonds. The molecule has 0 saturated carbocycles. The van der Waals surface area contributed by atoms with Crippen LogP contribution in [0.3, 0.4) is 0 Å². The lowest BCUT2D eigenvalue weighted by Gasteiger charge is -2.20. The van der Waals surface area contributed by atoms with Gasteiger partial charge in [-0.25, -0.2) is 0 Å². The lowest BCUT2D eigenvalue weighted by Crippen LogP contribution is -2.26. The van der Waals surface area contributed by atoms with E-state index in [9.17, 15) is 0 Å². The van der Waals surface area contributed by atoms with Crippen molar-refractivity contribution >= 4 is 27.3 Å². The minimum absolute atomic E-state index is 0.0273. The first-order valence-electron chi connectivity index (χ1n) is 6.25. The van der Waals surface area contributed by atoms with Crippen LogP contribution < -0.4 is 5.73 Å². The van der Waals surface area contributed by atoms with Gasteiger partial charge < -0.3 is 10.5 Å². The zero-order valence-electron chi connectivity index (χ0n) is 11.1. The number of ether oxygens (including phenoxy) is 1. The second kappa shape index (κ2) is 6.66. The predicted molar refractivity (Wildman–Crippen MR) is 84.4 cm³/mol. The average Bonchev–Trinajstić information content (AvgIpc) is 2.78. The number of thiophene rings is 1. The van der Waals surface area contributed by atoms with E-state index in [1.165, 1.54) is 9.75 Å². The van der Waals surface area contributed by atoms with E-state index in [1.54, 1.807) is 11.3 Å². The first-order chi connectivity index (χ1) is 9.08. The summed E-state index contributed by atoms with van der Waals surface area (Å²) in [5.74, 6) is 0. The average molecular weight is 340 g/mol. The summed E-state index contributed by atoms with van der Waals surface area (Å²) in [6.45, 7) is 4.64. The minimum Gasteiger partial charge on any atom is -0.366 e. The Balaban J connectivity index is 2.08. The van der Waals surface area contributed by atoms with Crippen molar-refractivity contribution in [2.45, 2.75) is 32.6 Å². The van der Waals surface area contributed by atoms with Crippen LogP contribution in [0.2, 0.25) is 0 Å². The maximum absolute atomic E-state index is 6.05. The van der Waals surface area contributed by atoms with Crippen molar-refractivity contribution in [3.8, 4) is 0 Å². The standard InChI is InChI=1S/C15H18BrNOS/c1-10-7-8-14(19-10)15(11(2)17)18-9-12-5-3-4-6-13(12)16/h3-8,11,15H,9,17H2,1-2H3. The maximum atomic E-state index is 6.05. The maximum Gasteiger partial charge on any atom is 0.107 e. The highest BCUT2D eigenvalue weighted by Crippen LogP contribution is 2.29. The molecule has 0 aliphatic rings. The van der Waals surface area contributed by atoms with Crippen molar-refractivity contribution in [1.82, 2.24) is 0 Å². The molecular formula is C15H18BrNOS. The topological polar surface area (TPSA) is 35.2 Å². The van der Waals surface area contributed by atoms with Gasteiger partial charge in [0.1, 0.15) is 6.10 Å². The summed E-state index contributed by atoms with van der Waals surface area (Å²) in [5, 5.41) is 0. The zero-order chi connectivity index (χ0) is 13.8. The smallest absolute Gasteiger partial charge is 0.107 e. The number of aryl methyl sites for hydroxylation is 1. The molecule has 2 rings (SSSR count). The Morgan fingerprint density at radius 1 is 1.26 bits per heavy atom. The van der Waals surface area contributed by atoms with E-state index in [-0.39, 0.29) is 12.1 Å². The van der Waals surface area contributed by atoms with E-state index in [4.69, 9.17) is 10.5 Å².